The molecule has 2 atom stereocenters. The van der Waals surface area contributed by atoms with Gasteiger partial charge >= 0.3 is 0 Å². The number of ether oxygens (including phenoxy) is 1. The van der Waals surface area contributed by atoms with Crippen molar-refractivity contribution in [2.45, 2.75) is 39.9 Å². The lowest BCUT2D eigenvalue weighted by Crippen LogP contribution is -2.47. The van der Waals surface area contributed by atoms with Gasteiger partial charge in [-0.2, -0.15) is 0 Å². The zero-order chi connectivity index (χ0) is 16.4. The molecule has 2 rings (SSSR count). The number of aliphatic hydroxyl groups excluding tert-OH is 1. The maximum absolute atomic E-state index is 12.6. The highest BCUT2D eigenvalue weighted by Crippen LogP contribution is 2.37. The molecule has 22 heavy (non-hydrogen) atoms. The van der Waals surface area contributed by atoms with Gasteiger partial charge in [-0.25, -0.2) is 0 Å². The van der Waals surface area contributed by atoms with Crippen LogP contribution in [-0.4, -0.2) is 30.2 Å². The zero-order valence-electron chi connectivity index (χ0n) is 13.7. The van der Waals surface area contributed by atoms with E-state index >= 15 is 0 Å². The van der Waals surface area contributed by atoms with Crippen molar-refractivity contribution in [2.24, 2.45) is 17.6 Å². The molecule has 1 aliphatic heterocycles. The molecule has 0 spiro atoms. The average molecular weight is 306 g/mol. The van der Waals surface area contributed by atoms with Crippen molar-refractivity contribution in [3.63, 3.8) is 0 Å². The van der Waals surface area contributed by atoms with Gasteiger partial charge in [0.2, 0.25) is 5.91 Å². The molecule has 1 aromatic rings. The Kier molecular flexibility index (Phi) is 5.08. The second-order valence-corrected chi connectivity index (χ2v) is 6.48. The first-order valence-corrected chi connectivity index (χ1v) is 7.85. The van der Waals surface area contributed by atoms with Crippen molar-refractivity contribution >= 4 is 11.6 Å². The number of aliphatic hydroxyl groups is 1. The third-order valence-corrected chi connectivity index (χ3v) is 4.03. The van der Waals surface area contributed by atoms with Crippen molar-refractivity contribution in [3.05, 3.63) is 23.8 Å². The maximum atomic E-state index is 12.6. The standard InChI is InChI=1S/C17H26N2O3/c1-10(2)16-9-19(17(21)11(3)4)13-7-12(14(20)8-18)5-6-15(13)22-16/h5-7,10-11,14,16,20H,8-9,18H2,1-4H3. The van der Waals surface area contributed by atoms with E-state index in [9.17, 15) is 9.90 Å². The molecule has 0 aliphatic carbocycles. The van der Waals surface area contributed by atoms with E-state index in [4.69, 9.17) is 10.5 Å². The molecular formula is C17H26N2O3. The van der Waals surface area contributed by atoms with E-state index in [1.54, 1.807) is 11.0 Å². The highest BCUT2D eigenvalue weighted by molar-refractivity contribution is 5.96. The number of benzene rings is 1. The van der Waals surface area contributed by atoms with Crippen LogP contribution in [0.2, 0.25) is 0 Å². The van der Waals surface area contributed by atoms with Crippen LogP contribution in [0.1, 0.15) is 39.4 Å². The van der Waals surface area contributed by atoms with Crippen LogP contribution in [0.25, 0.3) is 0 Å². The maximum Gasteiger partial charge on any atom is 0.229 e. The van der Waals surface area contributed by atoms with Gasteiger partial charge < -0.3 is 20.5 Å². The number of carbonyl (C=O) groups is 1. The highest BCUT2D eigenvalue weighted by atomic mass is 16.5. The third kappa shape index (κ3) is 3.25. The summed E-state index contributed by atoms with van der Waals surface area (Å²) in [7, 11) is 0. The first-order chi connectivity index (χ1) is 10.3. The lowest BCUT2D eigenvalue weighted by molar-refractivity contribution is -0.122. The topological polar surface area (TPSA) is 75.8 Å². The van der Waals surface area contributed by atoms with Crippen molar-refractivity contribution in [1.29, 1.82) is 0 Å². The van der Waals surface area contributed by atoms with Gasteiger partial charge in [-0.1, -0.05) is 33.8 Å². The molecule has 0 bridgehead atoms. The molecule has 0 saturated heterocycles. The van der Waals surface area contributed by atoms with Crippen molar-refractivity contribution in [1.82, 2.24) is 0 Å². The Morgan fingerprint density at radius 2 is 2.09 bits per heavy atom. The smallest absolute Gasteiger partial charge is 0.229 e. The van der Waals surface area contributed by atoms with Crippen LogP contribution in [0, 0.1) is 11.8 Å². The molecule has 1 aromatic carbocycles. The molecule has 0 aromatic heterocycles. The second-order valence-electron chi connectivity index (χ2n) is 6.48. The summed E-state index contributed by atoms with van der Waals surface area (Å²) in [6.45, 7) is 8.62. The Labute approximate surface area is 132 Å². The molecule has 1 amide bonds. The predicted octanol–water partition coefficient (Wildman–Crippen LogP) is 2.08. The number of hydrogen-bond donors (Lipinski definition) is 2. The normalized spacial score (nSPS) is 19.1. The molecular weight excluding hydrogens is 280 g/mol. The zero-order valence-corrected chi connectivity index (χ0v) is 13.7. The van der Waals surface area contributed by atoms with E-state index in [1.807, 2.05) is 26.0 Å². The number of hydrogen-bond acceptors (Lipinski definition) is 4. The van der Waals surface area contributed by atoms with E-state index in [2.05, 4.69) is 13.8 Å². The molecule has 2 unspecified atom stereocenters. The summed E-state index contributed by atoms with van der Waals surface area (Å²) in [6, 6.07) is 5.43. The average Bonchev–Trinajstić information content (AvgIpc) is 2.51. The van der Waals surface area contributed by atoms with E-state index in [1.165, 1.54) is 0 Å². The summed E-state index contributed by atoms with van der Waals surface area (Å²) in [6.07, 6.45) is -0.760. The van der Waals surface area contributed by atoms with Crippen molar-refractivity contribution in [3.8, 4) is 5.75 Å². The minimum Gasteiger partial charge on any atom is -0.486 e. The molecule has 0 radical (unpaired) electrons. The molecule has 5 nitrogen and oxygen atoms in total. The van der Waals surface area contributed by atoms with E-state index in [0.717, 1.165) is 5.69 Å². The van der Waals surface area contributed by atoms with Gasteiger partial charge in [0.05, 0.1) is 18.3 Å². The minimum absolute atomic E-state index is 0.0273. The first-order valence-electron chi connectivity index (χ1n) is 7.85. The Balaban J connectivity index is 2.44. The number of carbonyl (C=O) groups excluding carboxylic acids is 1. The second kappa shape index (κ2) is 6.67. The van der Waals surface area contributed by atoms with Gasteiger partial charge in [-0.3, -0.25) is 4.79 Å². The molecule has 122 valence electrons. The van der Waals surface area contributed by atoms with Crippen LogP contribution in [-0.2, 0) is 4.79 Å². The lowest BCUT2D eigenvalue weighted by Gasteiger charge is -2.37. The summed E-state index contributed by atoms with van der Waals surface area (Å²) < 4.78 is 6.02. The quantitative estimate of drug-likeness (QED) is 0.893. The molecule has 5 heteroatoms. The molecule has 3 N–H and O–H groups in total. The van der Waals surface area contributed by atoms with E-state index in [-0.39, 0.29) is 24.5 Å². The Bertz CT molecular complexity index is 543. The van der Waals surface area contributed by atoms with E-state index in [0.29, 0.717) is 23.8 Å². The highest BCUT2D eigenvalue weighted by Gasteiger charge is 2.32. The van der Waals surface area contributed by atoms with Crippen LogP contribution in [0.15, 0.2) is 18.2 Å². The minimum atomic E-state index is -0.732. The Hall–Kier alpha value is -1.59. The molecule has 0 fully saturated rings. The summed E-state index contributed by atoms with van der Waals surface area (Å²) in [5, 5.41) is 9.94. The van der Waals surface area contributed by atoms with Gasteiger partial charge in [0.15, 0.2) is 0 Å². The predicted molar refractivity (Wildman–Crippen MR) is 86.9 cm³/mol. The van der Waals surface area contributed by atoms with Crippen molar-refractivity contribution < 1.29 is 14.6 Å². The van der Waals surface area contributed by atoms with Gasteiger partial charge in [0.25, 0.3) is 0 Å². The lowest BCUT2D eigenvalue weighted by atomic mass is 10.0. The van der Waals surface area contributed by atoms with Gasteiger partial charge in [0, 0.05) is 12.5 Å². The number of amides is 1. The SMILES string of the molecule is CC(C)C(=O)N1CC(C(C)C)Oc2ccc(C(O)CN)cc21. The number of rotatable bonds is 4. The number of nitrogens with two attached hydrogens (primary N) is 1. The van der Waals surface area contributed by atoms with Gasteiger partial charge in [-0.15, -0.1) is 0 Å². The Morgan fingerprint density at radius 1 is 1.41 bits per heavy atom. The van der Waals surface area contributed by atoms with Crippen LogP contribution in [0.5, 0.6) is 5.75 Å². The summed E-state index contributed by atoms with van der Waals surface area (Å²) in [5.41, 5.74) is 6.95. The monoisotopic (exact) mass is 306 g/mol. The van der Waals surface area contributed by atoms with Crippen LogP contribution in [0.4, 0.5) is 5.69 Å². The largest absolute Gasteiger partial charge is 0.486 e. The van der Waals surface area contributed by atoms with Gasteiger partial charge in [-0.05, 0) is 23.6 Å². The van der Waals surface area contributed by atoms with Gasteiger partial charge in [0.1, 0.15) is 11.9 Å². The third-order valence-electron chi connectivity index (χ3n) is 4.03. The fraction of sp³-hybridized carbons (Fsp3) is 0.588. The molecule has 1 aliphatic rings. The van der Waals surface area contributed by atoms with Crippen LogP contribution in [0.3, 0.4) is 0 Å². The molecule has 1 heterocycles. The summed E-state index contributed by atoms with van der Waals surface area (Å²) in [4.78, 5) is 14.3. The van der Waals surface area contributed by atoms with Crippen molar-refractivity contribution in [2.75, 3.05) is 18.0 Å². The number of anilines is 1. The summed E-state index contributed by atoms with van der Waals surface area (Å²) >= 11 is 0. The van der Waals surface area contributed by atoms with Crippen LogP contribution >= 0.6 is 0 Å². The fourth-order valence-electron chi connectivity index (χ4n) is 2.53. The number of fused-ring (bicyclic) bond motifs is 1. The summed E-state index contributed by atoms with van der Waals surface area (Å²) in [5.74, 6) is 0.966. The fourth-order valence-corrected chi connectivity index (χ4v) is 2.53. The molecule has 0 saturated carbocycles. The Morgan fingerprint density at radius 3 is 2.64 bits per heavy atom. The first kappa shape index (κ1) is 16.8. The van der Waals surface area contributed by atoms with Crippen LogP contribution < -0.4 is 15.4 Å². The van der Waals surface area contributed by atoms with E-state index < -0.39 is 6.10 Å². The number of nitrogens with zero attached hydrogens (tertiary/aromatic N) is 1.